The molecule has 0 aliphatic rings. The average Bonchev–Trinajstić information content (AvgIpc) is 3.09. The van der Waals surface area contributed by atoms with Gasteiger partial charge in [-0.2, -0.15) is 0 Å². The molecule has 5 aromatic rings. The van der Waals surface area contributed by atoms with E-state index in [1.807, 2.05) is 27.8 Å². The Morgan fingerprint density at radius 2 is 1.15 bits per heavy atom. The zero-order valence-corrected chi connectivity index (χ0v) is 28.0. The SMILES string of the molecule is CCOc1cc(C(=O)N[C@@H](CN[C@@H](CNC)Cc2cccc3ccccc23)Cc2cccc3ccccc23)cc(OCC)c1OCC. The van der Waals surface area contributed by atoms with Gasteiger partial charge in [0.2, 0.25) is 5.75 Å². The van der Waals surface area contributed by atoms with Crippen LogP contribution in [0.1, 0.15) is 42.3 Å². The molecule has 0 saturated heterocycles. The average molecular weight is 634 g/mol. The van der Waals surface area contributed by atoms with E-state index in [-0.39, 0.29) is 18.0 Å². The number of carbonyl (C=O) groups is 1. The summed E-state index contributed by atoms with van der Waals surface area (Å²) in [6.45, 7) is 8.44. The molecule has 0 heterocycles. The maximum atomic E-state index is 14.0. The normalized spacial score (nSPS) is 12.5. The monoisotopic (exact) mass is 633 g/mol. The van der Waals surface area contributed by atoms with Crippen LogP contribution in [-0.2, 0) is 12.8 Å². The zero-order valence-electron chi connectivity index (χ0n) is 28.0. The molecule has 0 aliphatic heterocycles. The van der Waals surface area contributed by atoms with Crippen LogP contribution in [0.5, 0.6) is 17.2 Å². The van der Waals surface area contributed by atoms with Gasteiger partial charge in [0.1, 0.15) is 0 Å². The summed E-state index contributed by atoms with van der Waals surface area (Å²) in [4.78, 5) is 14.0. The number of hydrogen-bond acceptors (Lipinski definition) is 6. The second kappa shape index (κ2) is 16.8. The third kappa shape index (κ3) is 8.61. The van der Waals surface area contributed by atoms with Crippen LogP contribution >= 0.6 is 0 Å². The van der Waals surface area contributed by atoms with Crippen molar-refractivity contribution in [3.05, 3.63) is 114 Å². The number of fused-ring (bicyclic) bond motifs is 2. The molecule has 3 N–H and O–H groups in total. The molecule has 0 aromatic heterocycles. The van der Waals surface area contributed by atoms with Gasteiger partial charge in [0.05, 0.1) is 19.8 Å². The molecule has 7 nitrogen and oxygen atoms in total. The number of ether oxygens (including phenoxy) is 3. The molecule has 47 heavy (non-hydrogen) atoms. The first-order valence-electron chi connectivity index (χ1n) is 16.7. The molecule has 1 amide bonds. The van der Waals surface area contributed by atoms with Gasteiger partial charge in [0.15, 0.2) is 11.5 Å². The van der Waals surface area contributed by atoms with E-state index in [1.54, 1.807) is 12.1 Å². The van der Waals surface area contributed by atoms with Crippen molar-refractivity contribution in [3.8, 4) is 17.2 Å². The molecule has 5 aromatic carbocycles. The third-order valence-corrected chi connectivity index (χ3v) is 8.30. The Morgan fingerprint density at radius 1 is 0.638 bits per heavy atom. The maximum absolute atomic E-state index is 14.0. The number of benzene rings is 5. The number of rotatable bonds is 17. The van der Waals surface area contributed by atoms with E-state index in [4.69, 9.17) is 14.2 Å². The quantitative estimate of drug-likeness (QED) is 0.103. The molecular weight excluding hydrogens is 586 g/mol. The zero-order chi connectivity index (χ0) is 33.0. The Hall–Kier alpha value is -4.59. The van der Waals surface area contributed by atoms with E-state index in [2.05, 4.69) is 101 Å². The molecule has 5 rings (SSSR count). The smallest absolute Gasteiger partial charge is 0.251 e. The third-order valence-electron chi connectivity index (χ3n) is 8.30. The van der Waals surface area contributed by atoms with Crippen LogP contribution in [-0.4, -0.2) is 57.9 Å². The van der Waals surface area contributed by atoms with Gasteiger partial charge >= 0.3 is 0 Å². The number of carbonyl (C=O) groups excluding carboxylic acids is 1. The molecule has 246 valence electrons. The molecule has 7 heteroatoms. The highest BCUT2D eigenvalue weighted by atomic mass is 16.5. The Bertz CT molecular complexity index is 1730. The summed E-state index contributed by atoms with van der Waals surface area (Å²) < 4.78 is 17.7. The summed E-state index contributed by atoms with van der Waals surface area (Å²) in [6, 6.07) is 33.2. The fraction of sp³-hybridized carbons (Fsp3) is 0.325. The van der Waals surface area contributed by atoms with Gasteiger partial charge in [-0.05, 0) is 85.5 Å². The van der Waals surface area contributed by atoms with E-state index in [0.29, 0.717) is 55.6 Å². The molecule has 0 saturated carbocycles. The molecule has 0 bridgehead atoms. The van der Waals surface area contributed by atoms with Crippen LogP contribution in [0.25, 0.3) is 21.5 Å². The predicted octanol–water partition coefficient (Wildman–Crippen LogP) is 6.95. The summed E-state index contributed by atoms with van der Waals surface area (Å²) in [5.74, 6) is 1.32. The summed E-state index contributed by atoms with van der Waals surface area (Å²) in [7, 11) is 1.98. The van der Waals surface area contributed by atoms with Crippen molar-refractivity contribution in [2.24, 2.45) is 0 Å². The Balaban J connectivity index is 1.43. The molecule has 0 fully saturated rings. The van der Waals surface area contributed by atoms with Crippen LogP contribution in [0.15, 0.2) is 97.1 Å². The second-order valence-corrected chi connectivity index (χ2v) is 11.6. The second-order valence-electron chi connectivity index (χ2n) is 11.6. The lowest BCUT2D eigenvalue weighted by Gasteiger charge is -2.25. The lowest BCUT2D eigenvalue weighted by Crippen LogP contribution is -2.48. The predicted molar refractivity (Wildman–Crippen MR) is 192 cm³/mol. The van der Waals surface area contributed by atoms with Crippen molar-refractivity contribution in [1.82, 2.24) is 16.0 Å². The van der Waals surface area contributed by atoms with E-state index < -0.39 is 0 Å². The highest BCUT2D eigenvalue weighted by Gasteiger charge is 2.22. The van der Waals surface area contributed by atoms with Crippen molar-refractivity contribution < 1.29 is 19.0 Å². The number of hydrogen-bond donors (Lipinski definition) is 3. The van der Waals surface area contributed by atoms with Crippen LogP contribution in [0.3, 0.4) is 0 Å². The van der Waals surface area contributed by atoms with Crippen LogP contribution in [0.2, 0.25) is 0 Å². The van der Waals surface area contributed by atoms with E-state index in [0.717, 1.165) is 13.0 Å². The summed E-state index contributed by atoms with van der Waals surface area (Å²) in [6.07, 6.45) is 1.51. The van der Waals surface area contributed by atoms with Crippen molar-refractivity contribution in [3.63, 3.8) is 0 Å². The molecule has 0 unspecified atom stereocenters. The van der Waals surface area contributed by atoms with Gasteiger partial charge in [-0.3, -0.25) is 4.79 Å². The molecular formula is C40H47N3O4. The first-order chi connectivity index (χ1) is 23.0. The minimum Gasteiger partial charge on any atom is -0.490 e. The minimum atomic E-state index is -0.196. The topological polar surface area (TPSA) is 80.9 Å². The van der Waals surface area contributed by atoms with Crippen molar-refractivity contribution >= 4 is 27.5 Å². The van der Waals surface area contributed by atoms with Crippen molar-refractivity contribution in [2.75, 3.05) is 40.0 Å². The van der Waals surface area contributed by atoms with E-state index in [1.165, 1.54) is 32.7 Å². The number of amides is 1. The summed E-state index contributed by atoms with van der Waals surface area (Å²) in [5, 5.41) is 15.4. The van der Waals surface area contributed by atoms with Gasteiger partial charge in [0, 0.05) is 30.7 Å². The number of likely N-dealkylation sites (N-methyl/N-ethyl adjacent to an activating group) is 1. The fourth-order valence-corrected chi connectivity index (χ4v) is 6.21. The highest BCUT2D eigenvalue weighted by Crippen LogP contribution is 2.39. The van der Waals surface area contributed by atoms with E-state index >= 15 is 0 Å². The summed E-state index contributed by atoms with van der Waals surface area (Å²) in [5.41, 5.74) is 2.95. The van der Waals surface area contributed by atoms with Crippen molar-refractivity contribution in [2.45, 2.75) is 45.7 Å². The molecule has 0 radical (unpaired) electrons. The lowest BCUT2D eigenvalue weighted by molar-refractivity contribution is 0.0934. The van der Waals surface area contributed by atoms with Gasteiger partial charge in [-0.25, -0.2) is 0 Å². The summed E-state index contributed by atoms with van der Waals surface area (Å²) >= 11 is 0. The van der Waals surface area contributed by atoms with Gasteiger partial charge in [-0.1, -0.05) is 84.9 Å². The minimum absolute atomic E-state index is 0.150. The Morgan fingerprint density at radius 3 is 1.68 bits per heavy atom. The molecule has 2 atom stereocenters. The molecule has 0 aliphatic carbocycles. The van der Waals surface area contributed by atoms with Crippen molar-refractivity contribution in [1.29, 1.82) is 0 Å². The van der Waals surface area contributed by atoms with E-state index in [9.17, 15) is 4.79 Å². The largest absolute Gasteiger partial charge is 0.490 e. The van der Waals surface area contributed by atoms with Gasteiger partial charge < -0.3 is 30.2 Å². The first-order valence-corrected chi connectivity index (χ1v) is 16.7. The highest BCUT2D eigenvalue weighted by molar-refractivity contribution is 5.96. The molecule has 0 spiro atoms. The van der Waals surface area contributed by atoms with Crippen LogP contribution < -0.4 is 30.2 Å². The first kappa shape index (κ1) is 33.8. The maximum Gasteiger partial charge on any atom is 0.251 e. The van der Waals surface area contributed by atoms with Crippen LogP contribution in [0, 0.1) is 0 Å². The lowest BCUT2D eigenvalue weighted by atomic mass is 9.97. The Labute approximate surface area is 278 Å². The number of nitrogens with one attached hydrogen (secondary N) is 3. The van der Waals surface area contributed by atoms with Gasteiger partial charge in [0.25, 0.3) is 5.91 Å². The van der Waals surface area contributed by atoms with Gasteiger partial charge in [-0.15, -0.1) is 0 Å². The fourth-order valence-electron chi connectivity index (χ4n) is 6.21. The standard InChI is InChI=1S/C40H47N3O4/c1-5-45-37-24-32(25-38(46-6-2)39(37)47-7-3)40(44)43-34(23-31-19-13-17-29-15-9-11-21-36(29)31)27-42-33(26-41-4)22-30-18-12-16-28-14-8-10-20-35(28)30/h8-21,24-25,33-34,41-42H,5-7,22-23,26-27H2,1-4H3,(H,43,44)/t33-,34-/m1/s1. The Kier molecular flexibility index (Phi) is 12.1. The van der Waals surface area contributed by atoms with Crippen LogP contribution in [0.4, 0.5) is 0 Å².